The Hall–Kier alpha value is 0.270. The van der Waals surface area contributed by atoms with Crippen molar-refractivity contribution >= 4 is 11.8 Å². The van der Waals surface area contributed by atoms with Gasteiger partial charge in [-0.15, -0.1) is 0 Å². The fourth-order valence-electron chi connectivity index (χ4n) is 4.74. The Bertz CT molecular complexity index is 359. The second-order valence-corrected chi connectivity index (χ2v) is 9.81. The van der Waals surface area contributed by atoms with Crippen LogP contribution in [0.25, 0.3) is 0 Å². The summed E-state index contributed by atoms with van der Waals surface area (Å²) in [5, 5.41) is 0. The largest absolute Gasteiger partial charge is 0.375 e. The van der Waals surface area contributed by atoms with E-state index in [4.69, 9.17) is 10.5 Å². The van der Waals surface area contributed by atoms with Crippen molar-refractivity contribution in [2.24, 2.45) is 17.1 Å². The predicted molar refractivity (Wildman–Crippen MR) is 91.8 cm³/mol. The molecule has 21 heavy (non-hydrogen) atoms. The van der Waals surface area contributed by atoms with Crippen LogP contribution in [0.4, 0.5) is 0 Å². The second-order valence-electron chi connectivity index (χ2n) is 8.58. The first kappa shape index (κ1) is 16.1. The summed E-state index contributed by atoms with van der Waals surface area (Å²) in [6.07, 6.45) is 11.3. The van der Waals surface area contributed by atoms with Crippen LogP contribution < -0.4 is 5.73 Å². The molecule has 2 unspecified atom stereocenters. The van der Waals surface area contributed by atoms with Crippen LogP contribution in [0.2, 0.25) is 0 Å². The predicted octanol–water partition coefficient (Wildman–Crippen LogP) is 4.37. The minimum Gasteiger partial charge on any atom is -0.375 e. The SMILES string of the molecule is CC1(C)CCCC(N)(C2CCOC3(CCSCC3)C2)CC1. The molecule has 0 amide bonds. The molecule has 0 radical (unpaired) electrons. The number of hydrogen-bond acceptors (Lipinski definition) is 3. The highest BCUT2D eigenvalue weighted by Gasteiger charge is 2.46. The monoisotopic (exact) mass is 311 g/mol. The highest BCUT2D eigenvalue weighted by Crippen LogP contribution is 2.47. The average molecular weight is 312 g/mol. The molecule has 2 saturated heterocycles. The molecule has 2 aliphatic heterocycles. The van der Waals surface area contributed by atoms with E-state index in [-0.39, 0.29) is 11.1 Å². The molecule has 2 atom stereocenters. The van der Waals surface area contributed by atoms with Crippen molar-refractivity contribution in [3.63, 3.8) is 0 Å². The van der Waals surface area contributed by atoms with Crippen molar-refractivity contribution in [1.29, 1.82) is 0 Å². The second kappa shape index (κ2) is 6.05. The maximum Gasteiger partial charge on any atom is 0.0701 e. The molecular formula is C18H33NOS. The van der Waals surface area contributed by atoms with E-state index < -0.39 is 0 Å². The Morgan fingerprint density at radius 1 is 1.00 bits per heavy atom. The molecule has 1 saturated carbocycles. The molecule has 0 bridgehead atoms. The molecular weight excluding hydrogens is 278 g/mol. The maximum atomic E-state index is 6.98. The quantitative estimate of drug-likeness (QED) is 0.731. The molecule has 3 heteroatoms. The molecule has 3 aliphatic rings. The van der Waals surface area contributed by atoms with Gasteiger partial charge >= 0.3 is 0 Å². The fourth-order valence-corrected chi connectivity index (χ4v) is 5.97. The Balaban J connectivity index is 1.70. The van der Waals surface area contributed by atoms with Gasteiger partial charge in [0.15, 0.2) is 0 Å². The lowest BCUT2D eigenvalue weighted by Crippen LogP contribution is -2.54. The van der Waals surface area contributed by atoms with E-state index in [1.54, 1.807) is 0 Å². The first-order chi connectivity index (χ1) is 9.93. The summed E-state index contributed by atoms with van der Waals surface area (Å²) in [4.78, 5) is 0. The lowest BCUT2D eigenvalue weighted by Gasteiger charge is -2.49. The van der Waals surface area contributed by atoms with E-state index >= 15 is 0 Å². The summed E-state index contributed by atoms with van der Waals surface area (Å²) < 4.78 is 6.28. The molecule has 1 spiro atoms. The van der Waals surface area contributed by atoms with Gasteiger partial charge in [-0.1, -0.05) is 20.3 Å². The van der Waals surface area contributed by atoms with E-state index in [9.17, 15) is 0 Å². The summed E-state index contributed by atoms with van der Waals surface area (Å²) >= 11 is 2.09. The van der Waals surface area contributed by atoms with Crippen LogP contribution in [-0.4, -0.2) is 29.3 Å². The van der Waals surface area contributed by atoms with Crippen LogP contribution in [0, 0.1) is 11.3 Å². The third-order valence-electron chi connectivity index (χ3n) is 6.47. The van der Waals surface area contributed by atoms with Gasteiger partial charge in [-0.25, -0.2) is 0 Å². The van der Waals surface area contributed by atoms with Crippen LogP contribution in [0.5, 0.6) is 0 Å². The smallest absolute Gasteiger partial charge is 0.0701 e. The number of rotatable bonds is 1. The van der Waals surface area contributed by atoms with Gasteiger partial charge in [0.25, 0.3) is 0 Å². The van der Waals surface area contributed by atoms with E-state index in [0.717, 1.165) is 6.61 Å². The van der Waals surface area contributed by atoms with E-state index in [0.29, 0.717) is 11.3 Å². The molecule has 2 N–H and O–H groups in total. The van der Waals surface area contributed by atoms with Gasteiger partial charge in [-0.05, 0) is 74.2 Å². The van der Waals surface area contributed by atoms with Gasteiger partial charge in [0.05, 0.1) is 5.60 Å². The van der Waals surface area contributed by atoms with E-state index in [1.807, 2.05) is 0 Å². The first-order valence-electron chi connectivity index (χ1n) is 8.94. The number of nitrogens with two attached hydrogens (primary N) is 1. The van der Waals surface area contributed by atoms with E-state index in [1.165, 1.54) is 69.3 Å². The Morgan fingerprint density at radius 2 is 1.76 bits per heavy atom. The maximum absolute atomic E-state index is 6.98. The Labute approximate surface area is 135 Å². The fraction of sp³-hybridized carbons (Fsp3) is 1.00. The Kier molecular flexibility index (Phi) is 4.65. The molecule has 2 heterocycles. The zero-order chi connectivity index (χ0) is 15.0. The topological polar surface area (TPSA) is 35.2 Å². The molecule has 2 nitrogen and oxygen atoms in total. The summed E-state index contributed by atoms with van der Waals surface area (Å²) in [6.45, 7) is 5.78. The van der Waals surface area contributed by atoms with Gasteiger partial charge in [-0.3, -0.25) is 0 Å². The summed E-state index contributed by atoms with van der Waals surface area (Å²) in [6, 6.07) is 0. The summed E-state index contributed by atoms with van der Waals surface area (Å²) in [5.41, 5.74) is 7.74. The third-order valence-corrected chi connectivity index (χ3v) is 7.46. The van der Waals surface area contributed by atoms with Crippen molar-refractivity contribution in [2.75, 3.05) is 18.1 Å². The number of hydrogen-bond donors (Lipinski definition) is 1. The molecule has 0 aromatic carbocycles. The minimum atomic E-state index is 0.0785. The van der Waals surface area contributed by atoms with Crippen LogP contribution in [-0.2, 0) is 4.74 Å². The van der Waals surface area contributed by atoms with Crippen molar-refractivity contribution in [3.05, 3.63) is 0 Å². The van der Waals surface area contributed by atoms with Crippen LogP contribution in [0.15, 0.2) is 0 Å². The van der Waals surface area contributed by atoms with Gasteiger partial charge < -0.3 is 10.5 Å². The number of ether oxygens (including phenoxy) is 1. The normalized spacial score (nSPS) is 39.9. The summed E-state index contributed by atoms with van der Waals surface area (Å²) in [7, 11) is 0. The van der Waals surface area contributed by atoms with E-state index in [2.05, 4.69) is 25.6 Å². The van der Waals surface area contributed by atoms with Crippen LogP contribution in [0.3, 0.4) is 0 Å². The summed E-state index contributed by atoms with van der Waals surface area (Å²) in [5.74, 6) is 3.23. The molecule has 0 aromatic rings. The standard InChI is InChI=1S/C18H33NOS/c1-16(2)5-3-6-18(19,8-7-16)15-4-11-20-17(14-15)9-12-21-13-10-17/h15H,3-14,19H2,1-2H3. The van der Waals surface area contributed by atoms with Gasteiger partial charge in [0, 0.05) is 12.1 Å². The number of thioether (sulfide) groups is 1. The molecule has 0 aromatic heterocycles. The van der Waals surface area contributed by atoms with Crippen LogP contribution >= 0.6 is 11.8 Å². The lowest BCUT2D eigenvalue weighted by atomic mass is 9.69. The third kappa shape index (κ3) is 3.61. The lowest BCUT2D eigenvalue weighted by molar-refractivity contribution is -0.115. The van der Waals surface area contributed by atoms with Gasteiger partial charge in [-0.2, -0.15) is 11.8 Å². The van der Waals surface area contributed by atoms with Crippen molar-refractivity contribution in [3.8, 4) is 0 Å². The highest BCUT2D eigenvalue weighted by atomic mass is 32.2. The average Bonchev–Trinajstić information content (AvgIpc) is 2.60. The molecule has 122 valence electrons. The van der Waals surface area contributed by atoms with Gasteiger partial charge in [0.2, 0.25) is 0 Å². The Morgan fingerprint density at radius 3 is 2.52 bits per heavy atom. The first-order valence-corrected chi connectivity index (χ1v) is 10.1. The zero-order valence-corrected chi connectivity index (χ0v) is 14.8. The van der Waals surface area contributed by atoms with Gasteiger partial charge in [0.1, 0.15) is 0 Å². The molecule has 3 rings (SSSR count). The zero-order valence-electron chi connectivity index (χ0n) is 14.0. The molecule has 3 fully saturated rings. The van der Waals surface area contributed by atoms with Crippen molar-refractivity contribution in [1.82, 2.24) is 0 Å². The van der Waals surface area contributed by atoms with Crippen molar-refractivity contribution in [2.45, 2.75) is 82.8 Å². The van der Waals surface area contributed by atoms with Crippen LogP contribution in [0.1, 0.15) is 71.6 Å². The molecule has 1 aliphatic carbocycles. The van der Waals surface area contributed by atoms with Crippen molar-refractivity contribution < 1.29 is 4.74 Å². The highest BCUT2D eigenvalue weighted by molar-refractivity contribution is 7.99. The minimum absolute atomic E-state index is 0.0785.